The van der Waals surface area contributed by atoms with Gasteiger partial charge in [-0.25, -0.2) is 4.79 Å². The number of aromatic nitrogens is 2. The lowest BCUT2D eigenvalue weighted by Crippen LogP contribution is -2.19. The predicted octanol–water partition coefficient (Wildman–Crippen LogP) is 4.72. The van der Waals surface area contributed by atoms with Crippen molar-refractivity contribution in [3.63, 3.8) is 0 Å². The van der Waals surface area contributed by atoms with Crippen LogP contribution in [0.3, 0.4) is 0 Å². The number of anilines is 2. The van der Waals surface area contributed by atoms with Crippen molar-refractivity contribution in [3.05, 3.63) is 64.1 Å². The van der Waals surface area contributed by atoms with Gasteiger partial charge in [0.05, 0.1) is 0 Å². The molecule has 2 aromatic carbocycles. The second-order valence-corrected chi connectivity index (χ2v) is 6.69. The summed E-state index contributed by atoms with van der Waals surface area (Å²) in [5.41, 5.74) is 1.76. The van der Waals surface area contributed by atoms with Crippen LogP contribution in [-0.2, 0) is 6.61 Å². The lowest BCUT2D eigenvalue weighted by molar-refractivity contribution is 0.262. The summed E-state index contributed by atoms with van der Waals surface area (Å²) >= 11 is 7.13. The molecule has 0 aliphatic heterocycles. The first-order valence-electron chi connectivity index (χ1n) is 7.44. The van der Waals surface area contributed by atoms with Crippen LogP contribution in [0.5, 0.6) is 5.75 Å². The smallest absolute Gasteiger partial charge is 0.325 e. The Morgan fingerprint density at radius 3 is 2.72 bits per heavy atom. The van der Waals surface area contributed by atoms with Gasteiger partial charge >= 0.3 is 6.03 Å². The summed E-state index contributed by atoms with van der Waals surface area (Å²) in [7, 11) is 0. The highest BCUT2D eigenvalue weighted by Gasteiger charge is 2.09. The van der Waals surface area contributed by atoms with E-state index in [1.165, 1.54) is 16.9 Å². The number of carbonyl (C=O) groups is 1. The monoisotopic (exact) mass is 374 g/mol. The molecule has 0 spiro atoms. The highest BCUT2D eigenvalue weighted by atomic mass is 35.5. The molecule has 128 valence electrons. The van der Waals surface area contributed by atoms with E-state index in [4.69, 9.17) is 16.3 Å². The Labute approximate surface area is 153 Å². The van der Waals surface area contributed by atoms with Gasteiger partial charge in [0.2, 0.25) is 5.13 Å². The number of hydrogen-bond acceptors (Lipinski definition) is 5. The lowest BCUT2D eigenvalue weighted by Gasteiger charge is -2.05. The summed E-state index contributed by atoms with van der Waals surface area (Å²) < 4.78 is 5.64. The zero-order valence-corrected chi connectivity index (χ0v) is 14.9. The molecule has 25 heavy (non-hydrogen) atoms. The molecule has 6 nitrogen and oxygen atoms in total. The second-order valence-electron chi connectivity index (χ2n) is 5.19. The van der Waals surface area contributed by atoms with E-state index in [0.29, 0.717) is 20.8 Å². The van der Waals surface area contributed by atoms with Crippen LogP contribution in [0.1, 0.15) is 10.6 Å². The number of halogens is 1. The van der Waals surface area contributed by atoms with Crippen LogP contribution in [0, 0.1) is 6.92 Å². The normalized spacial score (nSPS) is 10.3. The van der Waals surface area contributed by atoms with Crippen LogP contribution < -0.4 is 15.4 Å². The number of hydrogen-bond donors (Lipinski definition) is 2. The molecule has 3 rings (SSSR count). The molecule has 0 unspecified atom stereocenters. The van der Waals surface area contributed by atoms with Gasteiger partial charge in [-0.1, -0.05) is 46.7 Å². The topological polar surface area (TPSA) is 76.1 Å². The number of nitrogens with one attached hydrogen (secondary N) is 2. The van der Waals surface area contributed by atoms with Crippen LogP contribution in [0.2, 0.25) is 5.02 Å². The molecular formula is C17H15ClN4O2S. The number of ether oxygens (including phenoxy) is 1. The largest absolute Gasteiger partial charge is 0.486 e. The van der Waals surface area contributed by atoms with Gasteiger partial charge in [0.15, 0.2) is 5.01 Å². The Morgan fingerprint density at radius 1 is 1.16 bits per heavy atom. The molecule has 0 aliphatic carbocycles. The minimum Gasteiger partial charge on any atom is -0.486 e. The number of amides is 2. The molecule has 0 radical (unpaired) electrons. The van der Waals surface area contributed by atoms with E-state index in [9.17, 15) is 4.79 Å². The summed E-state index contributed by atoms with van der Waals surface area (Å²) in [6.45, 7) is 2.30. The highest BCUT2D eigenvalue weighted by Crippen LogP contribution is 2.19. The average Bonchev–Trinajstić information content (AvgIpc) is 3.01. The Kier molecular flexibility index (Phi) is 5.47. The standard InChI is InChI=1S/C17H15ClN4O2S/c1-11-5-7-14(8-6-11)24-10-15-21-22-17(25-15)20-16(23)19-13-4-2-3-12(18)9-13/h2-9H,10H2,1H3,(H2,19,20,22,23). The fourth-order valence-electron chi connectivity index (χ4n) is 1.97. The van der Waals surface area contributed by atoms with E-state index in [1.807, 2.05) is 31.2 Å². The van der Waals surface area contributed by atoms with E-state index in [2.05, 4.69) is 20.8 Å². The zero-order chi connectivity index (χ0) is 17.6. The van der Waals surface area contributed by atoms with Gasteiger partial charge in [-0.15, -0.1) is 10.2 Å². The van der Waals surface area contributed by atoms with Crippen molar-refractivity contribution in [3.8, 4) is 5.75 Å². The van der Waals surface area contributed by atoms with Crippen molar-refractivity contribution >= 4 is 39.8 Å². The van der Waals surface area contributed by atoms with Gasteiger partial charge in [-0.2, -0.15) is 0 Å². The Balaban J connectivity index is 1.52. The summed E-state index contributed by atoms with van der Waals surface area (Å²) in [5.74, 6) is 0.758. The molecule has 8 heteroatoms. The van der Waals surface area contributed by atoms with E-state index in [1.54, 1.807) is 24.3 Å². The van der Waals surface area contributed by atoms with Crippen molar-refractivity contribution in [1.29, 1.82) is 0 Å². The second kappa shape index (κ2) is 7.96. The quantitative estimate of drug-likeness (QED) is 0.677. The molecule has 0 bridgehead atoms. The Bertz CT molecular complexity index is 867. The molecule has 0 fully saturated rings. The molecule has 0 aliphatic rings. The van der Waals surface area contributed by atoms with Crippen molar-refractivity contribution < 1.29 is 9.53 Å². The fraction of sp³-hybridized carbons (Fsp3) is 0.118. The molecular weight excluding hydrogens is 360 g/mol. The zero-order valence-electron chi connectivity index (χ0n) is 13.3. The van der Waals surface area contributed by atoms with Gasteiger partial charge in [-0.3, -0.25) is 5.32 Å². The third-order valence-electron chi connectivity index (χ3n) is 3.15. The summed E-state index contributed by atoms with van der Waals surface area (Å²) in [4.78, 5) is 12.0. The van der Waals surface area contributed by atoms with Gasteiger partial charge in [0.25, 0.3) is 0 Å². The van der Waals surface area contributed by atoms with E-state index in [0.717, 1.165) is 5.75 Å². The molecule has 3 aromatic rings. The van der Waals surface area contributed by atoms with Crippen LogP contribution in [0.4, 0.5) is 15.6 Å². The van der Waals surface area contributed by atoms with Crippen LogP contribution in [0.15, 0.2) is 48.5 Å². The molecule has 1 aromatic heterocycles. The minimum atomic E-state index is -0.413. The molecule has 2 N–H and O–H groups in total. The Morgan fingerprint density at radius 2 is 1.96 bits per heavy atom. The number of nitrogens with zero attached hydrogens (tertiary/aromatic N) is 2. The third kappa shape index (κ3) is 5.17. The molecule has 0 saturated carbocycles. The van der Waals surface area contributed by atoms with E-state index < -0.39 is 6.03 Å². The lowest BCUT2D eigenvalue weighted by atomic mass is 10.2. The van der Waals surface area contributed by atoms with E-state index >= 15 is 0 Å². The minimum absolute atomic E-state index is 0.290. The van der Waals surface area contributed by atoms with Gasteiger partial charge in [-0.05, 0) is 37.3 Å². The maximum absolute atomic E-state index is 12.0. The molecule has 0 saturated heterocycles. The average molecular weight is 375 g/mol. The predicted molar refractivity (Wildman–Crippen MR) is 99.5 cm³/mol. The van der Waals surface area contributed by atoms with Crippen molar-refractivity contribution in [2.24, 2.45) is 0 Å². The van der Waals surface area contributed by atoms with Crippen LogP contribution in [-0.4, -0.2) is 16.2 Å². The molecule has 2 amide bonds. The van der Waals surface area contributed by atoms with E-state index in [-0.39, 0.29) is 6.61 Å². The first kappa shape index (κ1) is 17.2. The highest BCUT2D eigenvalue weighted by molar-refractivity contribution is 7.15. The number of urea groups is 1. The van der Waals surface area contributed by atoms with Gasteiger partial charge < -0.3 is 10.1 Å². The number of rotatable bonds is 5. The van der Waals surface area contributed by atoms with Crippen LogP contribution in [0.25, 0.3) is 0 Å². The first-order chi connectivity index (χ1) is 12.1. The van der Waals surface area contributed by atoms with Gasteiger partial charge in [0.1, 0.15) is 12.4 Å². The van der Waals surface area contributed by atoms with Crippen molar-refractivity contribution in [1.82, 2.24) is 10.2 Å². The Hall–Kier alpha value is -2.64. The molecule has 0 atom stereocenters. The fourth-order valence-corrected chi connectivity index (χ4v) is 2.81. The number of benzene rings is 2. The first-order valence-corrected chi connectivity index (χ1v) is 8.63. The maximum Gasteiger partial charge on any atom is 0.325 e. The van der Waals surface area contributed by atoms with Gasteiger partial charge in [0, 0.05) is 10.7 Å². The molecule has 1 heterocycles. The summed E-state index contributed by atoms with van der Waals surface area (Å²) in [5, 5.41) is 14.8. The van der Waals surface area contributed by atoms with Crippen molar-refractivity contribution in [2.75, 3.05) is 10.6 Å². The SMILES string of the molecule is Cc1ccc(OCc2nnc(NC(=O)Nc3cccc(Cl)c3)s2)cc1. The summed E-state index contributed by atoms with van der Waals surface area (Å²) in [6.07, 6.45) is 0. The van der Waals surface area contributed by atoms with Crippen molar-refractivity contribution in [2.45, 2.75) is 13.5 Å². The van der Waals surface area contributed by atoms with Crippen LogP contribution >= 0.6 is 22.9 Å². The number of aryl methyl sites for hydroxylation is 1. The third-order valence-corrected chi connectivity index (χ3v) is 4.20. The maximum atomic E-state index is 12.0. The number of carbonyl (C=O) groups excluding carboxylic acids is 1. The summed E-state index contributed by atoms with van der Waals surface area (Å²) in [6, 6.07) is 14.2.